The van der Waals surface area contributed by atoms with Gasteiger partial charge in [0.2, 0.25) is 5.91 Å². The van der Waals surface area contributed by atoms with Crippen LogP contribution in [0.1, 0.15) is 24.8 Å². The average Bonchev–Trinajstić information content (AvgIpc) is 2.98. The van der Waals surface area contributed by atoms with Gasteiger partial charge in [-0.2, -0.15) is 5.26 Å². The monoisotopic (exact) mass is 288 g/mol. The highest BCUT2D eigenvalue weighted by Crippen LogP contribution is 2.26. The summed E-state index contributed by atoms with van der Waals surface area (Å²) in [5, 5.41) is 25.5. The first-order valence-corrected chi connectivity index (χ1v) is 6.79. The topological polar surface area (TPSA) is 108 Å². The molecule has 0 spiro atoms. The van der Waals surface area contributed by atoms with Crippen molar-refractivity contribution in [3.8, 4) is 6.07 Å². The molecule has 1 aliphatic rings. The molecule has 0 bridgehead atoms. The van der Waals surface area contributed by atoms with Crippen molar-refractivity contribution >= 4 is 17.3 Å². The van der Waals surface area contributed by atoms with Crippen LogP contribution in [0.4, 0.5) is 11.4 Å². The van der Waals surface area contributed by atoms with Crippen molar-refractivity contribution < 1.29 is 9.72 Å². The van der Waals surface area contributed by atoms with Gasteiger partial charge in [0.05, 0.1) is 16.6 Å². The van der Waals surface area contributed by atoms with Gasteiger partial charge >= 0.3 is 0 Å². The highest BCUT2D eigenvalue weighted by atomic mass is 16.6. The van der Waals surface area contributed by atoms with Crippen LogP contribution < -0.4 is 10.6 Å². The zero-order valence-electron chi connectivity index (χ0n) is 11.5. The maximum Gasteiger partial charge on any atom is 0.294 e. The van der Waals surface area contributed by atoms with E-state index in [1.807, 2.05) is 6.07 Å². The van der Waals surface area contributed by atoms with Crippen molar-refractivity contribution in [2.24, 2.45) is 5.92 Å². The van der Waals surface area contributed by atoms with E-state index in [1.165, 1.54) is 12.1 Å². The van der Waals surface area contributed by atoms with Crippen molar-refractivity contribution in [3.63, 3.8) is 0 Å². The Morgan fingerprint density at radius 3 is 3.00 bits per heavy atom. The van der Waals surface area contributed by atoms with E-state index in [1.54, 1.807) is 0 Å². The molecule has 1 aliphatic heterocycles. The van der Waals surface area contributed by atoms with Gasteiger partial charge in [-0.1, -0.05) is 0 Å². The van der Waals surface area contributed by atoms with Crippen LogP contribution in [-0.2, 0) is 4.79 Å². The number of anilines is 1. The molecule has 7 nitrogen and oxygen atoms in total. The normalized spacial score (nSPS) is 17.2. The molecule has 1 amide bonds. The first-order valence-electron chi connectivity index (χ1n) is 6.79. The van der Waals surface area contributed by atoms with E-state index in [2.05, 4.69) is 10.6 Å². The first kappa shape index (κ1) is 14.9. The number of nitro groups is 1. The molecule has 7 heteroatoms. The van der Waals surface area contributed by atoms with Crippen molar-refractivity contribution in [1.82, 2.24) is 5.32 Å². The van der Waals surface area contributed by atoms with E-state index in [-0.39, 0.29) is 22.8 Å². The van der Waals surface area contributed by atoms with E-state index < -0.39 is 4.92 Å². The minimum absolute atomic E-state index is 0.133. The fraction of sp³-hybridized carbons (Fsp3) is 0.429. The van der Waals surface area contributed by atoms with Gasteiger partial charge in [0.25, 0.3) is 5.69 Å². The lowest BCUT2D eigenvalue weighted by Crippen LogP contribution is -2.15. The Labute approximate surface area is 122 Å². The summed E-state index contributed by atoms with van der Waals surface area (Å²) in [7, 11) is 0. The van der Waals surface area contributed by atoms with Gasteiger partial charge in [0, 0.05) is 12.5 Å². The van der Waals surface area contributed by atoms with E-state index in [0.717, 1.165) is 32.0 Å². The van der Waals surface area contributed by atoms with Gasteiger partial charge < -0.3 is 10.6 Å². The molecule has 2 N–H and O–H groups in total. The number of hydrogen-bond donors (Lipinski definition) is 2. The van der Waals surface area contributed by atoms with Crippen LogP contribution in [0.2, 0.25) is 0 Å². The lowest BCUT2D eigenvalue weighted by molar-refractivity contribution is -0.383. The number of benzene rings is 1. The Morgan fingerprint density at radius 2 is 2.38 bits per heavy atom. The van der Waals surface area contributed by atoms with Gasteiger partial charge in [-0.05, 0) is 44.0 Å². The number of nitriles is 1. The Balaban J connectivity index is 1.99. The summed E-state index contributed by atoms with van der Waals surface area (Å²) in [6.45, 7) is 1.90. The summed E-state index contributed by atoms with van der Waals surface area (Å²) in [6, 6.07) is 5.85. The smallest absolute Gasteiger partial charge is 0.294 e. The minimum Gasteiger partial charge on any atom is -0.320 e. The molecule has 1 saturated heterocycles. The van der Waals surface area contributed by atoms with Gasteiger partial charge in [-0.25, -0.2) is 0 Å². The highest BCUT2D eigenvalue weighted by Gasteiger charge is 2.19. The molecule has 1 aromatic rings. The molecular weight excluding hydrogens is 272 g/mol. The second kappa shape index (κ2) is 6.81. The molecule has 21 heavy (non-hydrogen) atoms. The molecule has 0 radical (unpaired) electrons. The molecule has 0 saturated carbocycles. The van der Waals surface area contributed by atoms with Crippen LogP contribution in [0, 0.1) is 27.4 Å². The number of nitrogens with one attached hydrogen (secondary N) is 2. The van der Waals surface area contributed by atoms with E-state index >= 15 is 0 Å². The predicted octanol–water partition coefficient (Wildman–Crippen LogP) is 1.79. The Bertz CT molecular complexity index is 588. The highest BCUT2D eigenvalue weighted by molar-refractivity contribution is 5.93. The van der Waals surface area contributed by atoms with Crippen molar-refractivity contribution in [2.45, 2.75) is 19.3 Å². The summed E-state index contributed by atoms with van der Waals surface area (Å²) in [6.07, 6.45) is 2.16. The number of nitrogens with zero attached hydrogens (tertiary/aromatic N) is 2. The molecule has 0 aromatic heterocycles. The lowest BCUT2D eigenvalue weighted by atomic mass is 10.0. The number of rotatable bonds is 5. The van der Waals surface area contributed by atoms with E-state index in [9.17, 15) is 14.9 Å². The molecule has 0 aliphatic carbocycles. The molecule has 1 aromatic carbocycles. The molecule has 110 valence electrons. The largest absolute Gasteiger partial charge is 0.320 e. The summed E-state index contributed by atoms with van der Waals surface area (Å²) in [5.74, 6) is 0.251. The summed E-state index contributed by atoms with van der Waals surface area (Å²) < 4.78 is 0. The molecule has 1 atom stereocenters. The SMILES string of the molecule is N#Cc1ccc(NC(=O)CCC2CCNC2)c([N+](=O)[O-])c1. The quantitative estimate of drug-likeness (QED) is 0.634. The van der Waals surface area contributed by atoms with Crippen molar-refractivity contribution in [1.29, 1.82) is 5.26 Å². The third-order valence-electron chi connectivity index (χ3n) is 3.54. The van der Waals surface area contributed by atoms with Crippen LogP contribution in [0.15, 0.2) is 18.2 Å². The predicted molar refractivity (Wildman–Crippen MR) is 76.7 cm³/mol. The molecule has 1 heterocycles. The third-order valence-corrected chi connectivity index (χ3v) is 3.54. The Morgan fingerprint density at radius 1 is 1.57 bits per heavy atom. The molecule has 1 unspecified atom stereocenters. The standard InChI is InChI=1S/C14H16N4O3/c15-8-11-1-3-12(13(7-11)18(20)21)17-14(19)4-2-10-5-6-16-9-10/h1,3,7,10,16H,2,4-6,9H2,(H,17,19). The van der Waals surface area contributed by atoms with Crippen LogP contribution in [0.5, 0.6) is 0 Å². The fourth-order valence-corrected chi connectivity index (χ4v) is 2.37. The van der Waals surface area contributed by atoms with Crippen LogP contribution in [0.25, 0.3) is 0 Å². The summed E-state index contributed by atoms with van der Waals surface area (Å²) in [4.78, 5) is 22.3. The summed E-state index contributed by atoms with van der Waals surface area (Å²) in [5.41, 5.74) is 0.0650. The molecular formula is C14H16N4O3. The lowest BCUT2D eigenvalue weighted by Gasteiger charge is -2.09. The maximum atomic E-state index is 11.9. The van der Waals surface area contributed by atoms with Crippen molar-refractivity contribution in [2.75, 3.05) is 18.4 Å². The Kier molecular flexibility index (Phi) is 4.85. The van der Waals surface area contributed by atoms with Crippen LogP contribution >= 0.6 is 0 Å². The minimum atomic E-state index is -0.600. The van der Waals surface area contributed by atoms with E-state index in [4.69, 9.17) is 5.26 Å². The second-order valence-electron chi connectivity index (χ2n) is 5.05. The van der Waals surface area contributed by atoms with Crippen LogP contribution in [0.3, 0.4) is 0 Å². The maximum absolute atomic E-state index is 11.9. The summed E-state index contributed by atoms with van der Waals surface area (Å²) >= 11 is 0. The second-order valence-corrected chi connectivity index (χ2v) is 5.05. The first-order chi connectivity index (χ1) is 10.1. The average molecular weight is 288 g/mol. The Hall–Kier alpha value is -2.46. The van der Waals surface area contributed by atoms with Gasteiger partial charge in [0.1, 0.15) is 5.69 Å². The van der Waals surface area contributed by atoms with Gasteiger partial charge in [0.15, 0.2) is 0 Å². The van der Waals surface area contributed by atoms with Crippen molar-refractivity contribution in [3.05, 3.63) is 33.9 Å². The number of carbonyl (C=O) groups is 1. The molecule has 2 rings (SSSR count). The number of hydrogen-bond acceptors (Lipinski definition) is 5. The molecule has 1 fully saturated rings. The zero-order valence-corrected chi connectivity index (χ0v) is 11.5. The van der Waals surface area contributed by atoms with Crippen LogP contribution in [-0.4, -0.2) is 23.9 Å². The zero-order chi connectivity index (χ0) is 15.2. The third kappa shape index (κ3) is 4.00. The van der Waals surface area contributed by atoms with Gasteiger partial charge in [-0.3, -0.25) is 14.9 Å². The fourth-order valence-electron chi connectivity index (χ4n) is 2.37. The number of carbonyl (C=O) groups excluding carboxylic acids is 1. The number of amides is 1. The number of nitro benzene ring substituents is 1. The van der Waals surface area contributed by atoms with Gasteiger partial charge in [-0.15, -0.1) is 0 Å². The van der Waals surface area contributed by atoms with E-state index in [0.29, 0.717) is 12.3 Å².